The summed E-state index contributed by atoms with van der Waals surface area (Å²) in [6, 6.07) is 5.94. The fourth-order valence-electron chi connectivity index (χ4n) is 3.23. The summed E-state index contributed by atoms with van der Waals surface area (Å²) in [6.45, 7) is 1.96. The minimum absolute atomic E-state index is 0.482. The van der Waals surface area contributed by atoms with Crippen LogP contribution < -0.4 is 20.1 Å². The van der Waals surface area contributed by atoms with Crippen molar-refractivity contribution in [2.24, 2.45) is 0 Å². The number of benzene rings is 1. The first kappa shape index (κ1) is 18.6. The third-order valence-electron chi connectivity index (χ3n) is 4.53. The molecule has 6 nitrogen and oxygen atoms in total. The van der Waals surface area contributed by atoms with Crippen molar-refractivity contribution in [3.63, 3.8) is 0 Å². The van der Waals surface area contributed by atoms with E-state index in [1.54, 1.807) is 26.4 Å². The molecule has 1 heterocycles. The van der Waals surface area contributed by atoms with Gasteiger partial charge in [0.25, 0.3) is 0 Å². The molecule has 1 saturated carbocycles. The van der Waals surface area contributed by atoms with Gasteiger partial charge < -0.3 is 20.1 Å². The van der Waals surface area contributed by atoms with Gasteiger partial charge in [0, 0.05) is 29.9 Å². The zero-order valence-electron chi connectivity index (χ0n) is 15.4. The van der Waals surface area contributed by atoms with Gasteiger partial charge in [0.05, 0.1) is 24.9 Å². The maximum atomic E-state index is 6.17. The Morgan fingerprint density at radius 1 is 1.00 bits per heavy atom. The molecule has 0 saturated heterocycles. The Morgan fingerprint density at radius 2 is 1.73 bits per heavy atom. The Labute approximate surface area is 159 Å². The normalized spacial score (nSPS) is 14.8. The van der Waals surface area contributed by atoms with Crippen LogP contribution in [-0.2, 0) is 0 Å². The molecule has 1 fully saturated rings. The highest BCUT2D eigenvalue weighted by atomic mass is 35.5. The molecule has 7 heteroatoms. The number of aryl methyl sites for hydroxylation is 1. The van der Waals surface area contributed by atoms with Crippen molar-refractivity contribution in [1.82, 2.24) is 9.97 Å². The molecule has 0 atom stereocenters. The van der Waals surface area contributed by atoms with Gasteiger partial charge in [0.2, 0.25) is 5.95 Å². The molecule has 0 spiro atoms. The van der Waals surface area contributed by atoms with Gasteiger partial charge in [-0.2, -0.15) is 4.98 Å². The second-order valence-corrected chi connectivity index (χ2v) is 6.92. The lowest BCUT2D eigenvalue weighted by atomic mass is 9.95. The van der Waals surface area contributed by atoms with Gasteiger partial charge >= 0.3 is 0 Å². The van der Waals surface area contributed by atoms with Crippen molar-refractivity contribution >= 4 is 29.1 Å². The molecule has 0 radical (unpaired) electrons. The molecule has 1 aromatic heterocycles. The molecule has 0 aliphatic heterocycles. The van der Waals surface area contributed by atoms with Crippen molar-refractivity contribution in [2.45, 2.75) is 45.1 Å². The summed E-state index contributed by atoms with van der Waals surface area (Å²) in [7, 11) is 3.17. The van der Waals surface area contributed by atoms with Crippen LogP contribution in [0.3, 0.4) is 0 Å². The number of halogens is 1. The van der Waals surface area contributed by atoms with E-state index >= 15 is 0 Å². The average molecular weight is 377 g/mol. The van der Waals surface area contributed by atoms with Crippen LogP contribution in [0.15, 0.2) is 18.2 Å². The zero-order valence-corrected chi connectivity index (χ0v) is 16.2. The van der Waals surface area contributed by atoms with E-state index in [1.165, 1.54) is 32.1 Å². The van der Waals surface area contributed by atoms with E-state index < -0.39 is 0 Å². The first-order chi connectivity index (χ1) is 12.6. The van der Waals surface area contributed by atoms with Gasteiger partial charge in [-0.1, -0.05) is 30.9 Å². The summed E-state index contributed by atoms with van der Waals surface area (Å²) in [5, 5.41) is 7.24. The second kappa shape index (κ2) is 8.45. The van der Waals surface area contributed by atoms with Gasteiger partial charge in [-0.15, -0.1) is 0 Å². The number of methoxy groups -OCH3 is 2. The van der Waals surface area contributed by atoms with Gasteiger partial charge in [-0.05, 0) is 19.8 Å². The Balaban J connectivity index is 1.83. The highest BCUT2D eigenvalue weighted by molar-refractivity contribution is 6.32. The third kappa shape index (κ3) is 4.49. The molecule has 26 heavy (non-hydrogen) atoms. The Kier molecular flexibility index (Phi) is 6.04. The van der Waals surface area contributed by atoms with Crippen molar-refractivity contribution in [2.75, 3.05) is 24.9 Å². The number of anilines is 3. The van der Waals surface area contributed by atoms with Crippen LogP contribution in [0.25, 0.3) is 0 Å². The van der Waals surface area contributed by atoms with Crippen LogP contribution in [-0.4, -0.2) is 30.2 Å². The first-order valence-corrected chi connectivity index (χ1v) is 9.27. The van der Waals surface area contributed by atoms with E-state index in [4.69, 9.17) is 21.1 Å². The van der Waals surface area contributed by atoms with Crippen molar-refractivity contribution in [3.8, 4) is 11.5 Å². The van der Waals surface area contributed by atoms with Crippen LogP contribution in [0.4, 0.5) is 17.5 Å². The Bertz CT molecular complexity index is 763. The Morgan fingerprint density at radius 3 is 2.42 bits per heavy atom. The van der Waals surface area contributed by atoms with Crippen LogP contribution in [0, 0.1) is 6.92 Å². The minimum atomic E-state index is 0.482. The van der Waals surface area contributed by atoms with Crippen LogP contribution in [0.1, 0.15) is 37.8 Å². The number of rotatable bonds is 6. The number of aromatic nitrogens is 2. The maximum Gasteiger partial charge on any atom is 0.229 e. The van der Waals surface area contributed by atoms with Crippen LogP contribution in [0.5, 0.6) is 11.5 Å². The first-order valence-electron chi connectivity index (χ1n) is 8.90. The molecule has 2 aromatic rings. The number of nitrogens with zero attached hydrogens (tertiary/aromatic N) is 2. The number of hydrogen-bond acceptors (Lipinski definition) is 6. The second-order valence-electron chi connectivity index (χ2n) is 6.51. The average Bonchev–Trinajstić information content (AvgIpc) is 2.63. The minimum Gasteiger partial charge on any atom is -0.495 e. The van der Waals surface area contributed by atoms with E-state index in [2.05, 4.69) is 20.6 Å². The molecule has 2 N–H and O–H groups in total. The fraction of sp³-hybridized carbons (Fsp3) is 0.474. The molecule has 0 bridgehead atoms. The summed E-state index contributed by atoms with van der Waals surface area (Å²) in [5.74, 6) is 2.50. The SMILES string of the molecule is COc1cc(Nc2nc(C)cc(NC3CCCCC3)n2)c(OC)cc1Cl. The predicted molar refractivity (Wildman–Crippen MR) is 105 cm³/mol. The van der Waals surface area contributed by atoms with E-state index in [0.29, 0.717) is 34.2 Å². The van der Waals surface area contributed by atoms with E-state index in [0.717, 1.165) is 11.5 Å². The molecular weight excluding hydrogens is 352 g/mol. The molecular formula is C19H25ClN4O2. The lowest BCUT2D eigenvalue weighted by molar-refractivity contribution is 0.405. The largest absolute Gasteiger partial charge is 0.495 e. The van der Waals surface area contributed by atoms with E-state index in [1.807, 2.05) is 13.0 Å². The summed E-state index contributed by atoms with van der Waals surface area (Å²) in [5.41, 5.74) is 1.59. The van der Waals surface area contributed by atoms with Crippen LogP contribution in [0.2, 0.25) is 5.02 Å². The van der Waals surface area contributed by atoms with E-state index in [-0.39, 0.29) is 0 Å². The lowest BCUT2D eigenvalue weighted by Crippen LogP contribution is -2.23. The lowest BCUT2D eigenvalue weighted by Gasteiger charge is -2.23. The summed E-state index contributed by atoms with van der Waals surface area (Å²) in [4.78, 5) is 9.10. The number of hydrogen-bond donors (Lipinski definition) is 2. The van der Waals surface area contributed by atoms with E-state index in [9.17, 15) is 0 Å². The molecule has 0 unspecified atom stereocenters. The molecule has 1 aromatic carbocycles. The van der Waals surface area contributed by atoms with Crippen molar-refractivity contribution in [3.05, 3.63) is 28.9 Å². The molecule has 1 aliphatic carbocycles. The monoisotopic (exact) mass is 376 g/mol. The Hall–Kier alpha value is -2.21. The number of ether oxygens (including phenoxy) is 2. The smallest absolute Gasteiger partial charge is 0.229 e. The summed E-state index contributed by atoms with van der Waals surface area (Å²) < 4.78 is 10.7. The molecule has 3 rings (SSSR count). The highest BCUT2D eigenvalue weighted by Crippen LogP contribution is 2.37. The summed E-state index contributed by atoms with van der Waals surface area (Å²) >= 11 is 6.17. The van der Waals surface area contributed by atoms with Gasteiger partial charge in [-0.3, -0.25) is 0 Å². The van der Waals surface area contributed by atoms with Gasteiger partial charge in [0.1, 0.15) is 17.3 Å². The third-order valence-corrected chi connectivity index (χ3v) is 4.83. The maximum absolute atomic E-state index is 6.17. The van der Waals surface area contributed by atoms with Gasteiger partial charge in [-0.25, -0.2) is 4.98 Å². The predicted octanol–water partition coefficient (Wildman–Crippen LogP) is 4.94. The zero-order chi connectivity index (χ0) is 18.5. The van der Waals surface area contributed by atoms with Crippen LogP contribution >= 0.6 is 11.6 Å². The fourth-order valence-corrected chi connectivity index (χ4v) is 3.46. The molecule has 1 aliphatic rings. The van der Waals surface area contributed by atoms with Gasteiger partial charge in [0.15, 0.2) is 0 Å². The topological polar surface area (TPSA) is 68.3 Å². The molecule has 140 valence electrons. The van der Waals surface area contributed by atoms with Crippen molar-refractivity contribution in [1.29, 1.82) is 0 Å². The quantitative estimate of drug-likeness (QED) is 0.743. The number of nitrogens with one attached hydrogen (secondary N) is 2. The molecule has 0 amide bonds. The van der Waals surface area contributed by atoms with Crippen molar-refractivity contribution < 1.29 is 9.47 Å². The highest BCUT2D eigenvalue weighted by Gasteiger charge is 2.15. The summed E-state index contributed by atoms with van der Waals surface area (Å²) in [6.07, 6.45) is 6.25. The standard InChI is InChI=1S/C19H25ClN4O2/c1-12-9-18(22-13-7-5-4-6-8-13)24-19(21-12)23-15-11-16(25-2)14(20)10-17(15)26-3/h9-11,13H,4-8H2,1-3H3,(H2,21,22,23,24).